The monoisotopic (exact) mass is 494 g/mol. The van der Waals surface area contributed by atoms with E-state index in [1.165, 1.54) is 18.5 Å². The maximum Gasteiger partial charge on any atom is 0.416 e. The van der Waals surface area contributed by atoms with Gasteiger partial charge in [0.2, 0.25) is 11.7 Å². The lowest BCUT2D eigenvalue weighted by Gasteiger charge is -2.36. The molecule has 7 nitrogen and oxygen atoms in total. The van der Waals surface area contributed by atoms with E-state index in [0.29, 0.717) is 18.0 Å². The van der Waals surface area contributed by atoms with Gasteiger partial charge in [-0.2, -0.15) is 17.6 Å². The molecule has 2 heterocycles. The summed E-state index contributed by atoms with van der Waals surface area (Å²) >= 11 is 0. The minimum atomic E-state index is -4.40. The molecule has 0 unspecified atom stereocenters. The van der Waals surface area contributed by atoms with Gasteiger partial charge in [-0.05, 0) is 55.3 Å². The molecule has 0 radical (unpaired) electrons. The third-order valence-corrected chi connectivity index (χ3v) is 6.74. The lowest BCUT2D eigenvalue weighted by Crippen LogP contribution is -2.44. The van der Waals surface area contributed by atoms with Crippen molar-refractivity contribution in [3.8, 4) is 0 Å². The van der Waals surface area contributed by atoms with E-state index in [9.17, 15) is 18.0 Å². The second-order valence-electron chi connectivity index (χ2n) is 9.52. The van der Waals surface area contributed by atoms with Gasteiger partial charge in [-0.15, -0.1) is 0 Å². The summed E-state index contributed by atoms with van der Waals surface area (Å²) in [5.74, 6) is -0.0775. The Hall–Kier alpha value is -2.95. The van der Waals surface area contributed by atoms with E-state index in [4.69, 9.17) is 5.73 Å². The normalized spacial score (nSPS) is 21.1. The van der Waals surface area contributed by atoms with Gasteiger partial charge in [0.15, 0.2) is 11.6 Å². The number of nitrogens with two attached hydrogens (primary N) is 1. The number of halogens is 4. The van der Waals surface area contributed by atoms with Crippen molar-refractivity contribution in [3.05, 3.63) is 47.5 Å². The number of alkyl halides is 3. The van der Waals surface area contributed by atoms with Gasteiger partial charge in [0.25, 0.3) is 0 Å². The number of benzene rings is 1. The molecule has 1 aromatic heterocycles. The van der Waals surface area contributed by atoms with Gasteiger partial charge in [0, 0.05) is 25.7 Å². The summed E-state index contributed by atoms with van der Waals surface area (Å²) in [6.07, 6.45) is -0.503. The van der Waals surface area contributed by atoms with Gasteiger partial charge in [-0.25, -0.2) is 9.97 Å². The molecule has 2 aromatic rings. The van der Waals surface area contributed by atoms with Gasteiger partial charge in [-0.3, -0.25) is 9.69 Å². The van der Waals surface area contributed by atoms with Crippen molar-refractivity contribution in [1.29, 1.82) is 0 Å². The Labute approximate surface area is 201 Å². The Balaban J connectivity index is 1.42. The van der Waals surface area contributed by atoms with E-state index < -0.39 is 17.6 Å². The number of nitrogens with zero attached hydrogens (tertiary/aromatic N) is 4. The van der Waals surface area contributed by atoms with Crippen LogP contribution in [0.2, 0.25) is 0 Å². The van der Waals surface area contributed by atoms with Crippen molar-refractivity contribution in [2.75, 3.05) is 36.4 Å². The van der Waals surface area contributed by atoms with Gasteiger partial charge in [0.1, 0.15) is 6.33 Å². The van der Waals surface area contributed by atoms with Crippen molar-refractivity contribution in [3.63, 3.8) is 0 Å². The maximum absolute atomic E-state index is 15.5. The van der Waals surface area contributed by atoms with E-state index in [1.54, 1.807) is 4.90 Å². The van der Waals surface area contributed by atoms with Gasteiger partial charge in [0.05, 0.1) is 12.1 Å². The van der Waals surface area contributed by atoms with Crippen LogP contribution in [0.5, 0.6) is 0 Å². The molecule has 0 spiro atoms. The number of rotatable bonds is 9. The van der Waals surface area contributed by atoms with Crippen molar-refractivity contribution >= 4 is 17.5 Å². The Morgan fingerprint density at radius 3 is 2.51 bits per heavy atom. The fourth-order valence-electron chi connectivity index (χ4n) is 4.62. The molecule has 0 bridgehead atoms. The molecule has 4 rings (SSSR count). The first-order chi connectivity index (χ1) is 16.6. The number of aromatic nitrogens is 2. The summed E-state index contributed by atoms with van der Waals surface area (Å²) < 4.78 is 54.1. The van der Waals surface area contributed by atoms with Crippen LogP contribution in [0.4, 0.5) is 29.2 Å². The smallest absolute Gasteiger partial charge is 0.369 e. The first-order valence-corrected chi connectivity index (χ1v) is 11.8. The number of nitrogens with one attached hydrogen (secondary N) is 1. The van der Waals surface area contributed by atoms with Crippen LogP contribution in [0.25, 0.3) is 0 Å². The molecule has 1 aliphatic carbocycles. The average Bonchev–Trinajstić information content (AvgIpc) is 3.63. The fourth-order valence-corrected chi connectivity index (χ4v) is 4.62. The summed E-state index contributed by atoms with van der Waals surface area (Å²) in [4.78, 5) is 23.3. The molecule has 11 heteroatoms. The predicted molar refractivity (Wildman–Crippen MR) is 124 cm³/mol. The predicted octanol–water partition coefficient (Wildman–Crippen LogP) is 3.66. The van der Waals surface area contributed by atoms with E-state index in [2.05, 4.69) is 22.2 Å². The summed E-state index contributed by atoms with van der Waals surface area (Å²) in [5.41, 5.74) is 5.23. The SMILES string of the molecule is C[C@H]1CN(CC(N)=O)CC[C@H]1CNc1ncnc(N(Cc2ccc(C(F)(F)F)cc2)C2CC2)c1F. The van der Waals surface area contributed by atoms with Gasteiger partial charge in [-0.1, -0.05) is 19.1 Å². The highest BCUT2D eigenvalue weighted by Crippen LogP contribution is 2.35. The zero-order valence-electron chi connectivity index (χ0n) is 19.6. The number of piperidine rings is 1. The fraction of sp³-hybridized carbons (Fsp3) is 0.542. The highest BCUT2D eigenvalue weighted by Gasteiger charge is 2.34. The second kappa shape index (κ2) is 10.3. The molecule has 3 N–H and O–H groups in total. The van der Waals surface area contributed by atoms with E-state index in [0.717, 1.165) is 44.5 Å². The van der Waals surface area contributed by atoms with Crippen molar-refractivity contribution < 1.29 is 22.4 Å². The molecule has 1 amide bonds. The number of likely N-dealkylation sites (tertiary alicyclic amines) is 1. The quantitative estimate of drug-likeness (QED) is 0.518. The number of carbonyl (C=O) groups is 1. The minimum absolute atomic E-state index is 0.0872. The van der Waals surface area contributed by atoms with Gasteiger partial charge >= 0.3 is 6.18 Å². The number of amides is 1. The largest absolute Gasteiger partial charge is 0.416 e. The highest BCUT2D eigenvalue weighted by atomic mass is 19.4. The number of carbonyl (C=O) groups excluding carboxylic acids is 1. The Morgan fingerprint density at radius 2 is 1.91 bits per heavy atom. The van der Waals surface area contributed by atoms with E-state index >= 15 is 4.39 Å². The van der Waals surface area contributed by atoms with Crippen LogP contribution in [0.1, 0.15) is 37.3 Å². The van der Waals surface area contributed by atoms with Crippen LogP contribution in [0.3, 0.4) is 0 Å². The molecule has 2 fully saturated rings. The number of hydrogen-bond acceptors (Lipinski definition) is 6. The summed E-state index contributed by atoms with van der Waals surface area (Å²) in [6, 6.07) is 5.01. The Morgan fingerprint density at radius 1 is 1.20 bits per heavy atom. The molecule has 2 atom stereocenters. The lowest BCUT2D eigenvalue weighted by molar-refractivity contribution is -0.137. The molecule has 1 aromatic carbocycles. The molecule has 1 saturated carbocycles. The van der Waals surface area contributed by atoms with Crippen LogP contribution >= 0.6 is 0 Å². The summed E-state index contributed by atoms with van der Waals surface area (Å²) in [5, 5.41) is 3.12. The molecule has 1 saturated heterocycles. The highest BCUT2D eigenvalue weighted by molar-refractivity contribution is 5.75. The number of anilines is 2. The topological polar surface area (TPSA) is 87.4 Å². The first-order valence-electron chi connectivity index (χ1n) is 11.8. The minimum Gasteiger partial charge on any atom is -0.369 e. The molecular weight excluding hydrogens is 464 g/mol. The van der Waals surface area contributed by atoms with Crippen LogP contribution in [0.15, 0.2) is 30.6 Å². The first kappa shape index (κ1) is 25.2. The van der Waals surface area contributed by atoms with E-state index in [-0.39, 0.29) is 42.6 Å². The molecule has 190 valence electrons. The van der Waals surface area contributed by atoms with Crippen LogP contribution in [-0.2, 0) is 17.5 Å². The van der Waals surface area contributed by atoms with Crippen LogP contribution < -0.4 is 16.0 Å². The Bertz CT molecular complexity index is 1030. The zero-order valence-corrected chi connectivity index (χ0v) is 19.6. The summed E-state index contributed by atoms with van der Waals surface area (Å²) in [6.45, 7) is 4.62. The van der Waals surface area contributed by atoms with Crippen molar-refractivity contribution in [1.82, 2.24) is 14.9 Å². The van der Waals surface area contributed by atoms with Gasteiger partial charge < -0.3 is 16.0 Å². The molecule has 35 heavy (non-hydrogen) atoms. The van der Waals surface area contributed by atoms with E-state index in [1.807, 2.05) is 4.90 Å². The van der Waals surface area contributed by atoms with Crippen molar-refractivity contribution in [2.45, 2.75) is 44.9 Å². The molecule has 1 aliphatic heterocycles. The number of hydrogen-bond donors (Lipinski definition) is 2. The Kier molecular flexibility index (Phi) is 7.44. The van der Waals surface area contributed by atoms with Crippen molar-refractivity contribution in [2.24, 2.45) is 17.6 Å². The standard InChI is InChI=1S/C24H30F4N6O/c1-15-11-33(13-20(29)35)9-8-17(15)10-30-22-21(25)23(32-14-31-22)34(19-6-7-19)12-16-2-4-18(5-3-16)24(26,27)28/h2-5,14-15,17,19H,6-13H2,1H3,(H2,29,35)(H,30,31,32)/t15-,17-/m0/s1. The maximum atomic E-state index is 15.5. The zero-order chi connectivity index (χ0) is 25.2. The molecule has 2 aliphatic rings. The second-order valence-corrected chi connectivity index (χ2v) is 9.52. The lowest BCUT2D eigenvalue weighted by atomic mass is 9.87. The third kappa shape index (κ3) is 6.39. The van der Waals surface area contributed by atoms with Crippen LogP contribution in [-0.4, -0.2) is 53.0 Å². The number of primary amides is 1. The average molecular weight is 495 g/mol. The molecular formula is C24H30F4N6O. The summed E-state index contributed by atoms with van der Waals surface area (Å²) in [7, 11) is 0. The third-order valence-electron chi connectivity index (χ3n) is 6.74. The van der Waals surface area contributed by atoms with Crippen LogP contribution in [0, 0.1) is 17.7 Å².